The van der Waals surface area contributed by atoms with Crippen LogP contribution in [0.25, 0.3) is 0 Å². The molecule has 0 bridgehead atoms. The van der Waals surface area contributed by atoms with E-state index in [0.29, 0.717) is 13.0 Å². The molecular weight excluding hydrogens is 251 g/mol. The van der Waals surface area contributed by atoms with Gasteiger partial charge < -0.3 is 9.16 Å². The molecule has 0 saturated heterocycles. The lowest BCUT2D eigenvalue weighted by Gasteiger charge is -2.36. The Balaban J connectivity index is 4.18. The first-order chi connectivity index (χ1) is 8.12. The SMILES string of the molecule is C=COC(=O)C(F)=CCCO[Si](C)(C)C(C)(C)C. The number of hydrogen-bond acceptors (Lipinski definition) is 3. The molecule has 0 atom stereocenters. The Morgan fingerprint density at radius 1 is 1.39 bits per heavy atom. The molecule has 0 aliphatic carbocycles. The molecule has 0 N–H and O–H groups in total. The Kier molecular flexibility index (Phi) is 6.49. The van der Waals surface area contributed by atoms with Gasteiger partial charge in [-0.2, -0.15) is 4.39 Å². The molecule has 0 unspecified atom stereocenters. The highest BCUT2D eigenvalue weighted by Crippen LogP contribution is 2.36. The fourth-order valence-corrected chi connectivity index (χ4v) is 1.99. The van der Waals surface area contributed by atoms with Crippen LogP contribution in [0.1, 0.15) is 27.2 Å². The zero-order valence-corrected chi connectivity index (χ0v) is 12.9. The van der Waals surface area contributed by atoms with Crippen molar-refractivity contribution in [2.75, 3.05) is 6.61 Å². The number of hydrogen-bond donors (Lipinski definition) is 0. The minimum Gasteiger partial charge on any atom is -0.430 e. The molecule has 104 valence electrons. The van der Waals surface area contributed by atoms with Gasteiger partial charge in [0.25, 0.3) is 0 Å². The number of rotatable bonds is 6. The van der Waals surface area contributed by atoms with Crippen molar-refractivity contribution >= 4 is 14.3 Å². The summed E-state index contributed by atoms with van der Waals surface area (Å²) in [6.45, 7) is 14.2. The normalized spacial score (nSPS) is 13.3. The van der Waals surface area contributed by atoms with E-state index >= 15 is 0 Å². The molecule has 0 heterocycles. The molecular formula is C13H23FO3Si. The van der Waals surface area contributed by atoms with Crippen molar-refractivity contribution in [2.24, 2.45) is 0 Å². The highest BCUT2D eigenvalue weighted by Gasteiger charge is 2.36. The van der Waals surface area contributed by atoms with Crippen LogP contribution in [0.15, 0.2) is 24.7 Å². The Hall–Kier alpha value is -0.943. The van der Waals surface area contributed by atoms with Gasteiger partial charge in [0, 0.05) is 6.61 Å². The van der Waals surface area contributed by atoms with Gasteiger partial charge in [-0.25, -0.2) is 4.79 Å². The second-order valence-electron chi connectivity index (χ2n) is 5.52. The smallest absolute Gasteiger partial charge is 0.371 e. The number of esters is 1. The fraction of sp³-hybridized carbons (Fsp3) is 0.615. The topological polar surface area (TPSA) is 35.5 Å². The first-order valence-electron chi connectivity index (χ1n) is 5.93. The average molecular weight is 274 g/mol. The molecule has 0 aliphatic rings. The maximum atomic E-state index is 13.1. The van der Waals surface area contributed by atoms with Gasteiger partial charge in [-0.1, -0.05) is 27.4 Å². The molecule has 3 nitrogen and oxygen atoms in total. The van der Waals surface area contributed by atoms with Crippen molar-refractivity contribution in [1.29, 1.82) is 0 Å². The number of carbonyl (C=O) groups excluding carboxylic acids is 1. The van der Waals surface area contributed by atoms with Crippen LogP contribution >= 0.6 is 0 Å². The minimum atomic E-state index is -1.80. The number of carbonyl (C=O) groups is 1. The van der Waals surface area contributed by atoms with Crippen LogP contribution in [-0.2, 0) is 14.0 Å². The van der Waals surface area contributed by atoms with Crippen LogP contribution in [0.4, 0.5) is 4.39 Å². The second-order valence-corrected chi connectivity index (χ2v) is 10.3. The van der Waals surface area contributed by atoms with E-state index in [2.05, 4.69) is 45.2 Å². The molecule has 0 aromatic rings. The van der Waals surface area contributed by atoms with Gasteiger partial charge in [0.1, 0.15) is 0 Å². The summed E-state index contributed by atoms with van der Waals surface area (Å²) in [6.07, 6.45) is 2.44. The summed E-state index contributed by atoms with van der Waals surface area (Å²) >= 11 is 0. The van der Waals surface area contributed by atoms with Gasteiger partial charge in [-0.3, -0.25) is 0 Å². The fourth-order valence-electron chi connectivity index (χ4n) is 0.932. The molecule has 0 spiro atoms. The lowest BCUT2D eigenvalue weighted by molar-refractivity contribution is -0.135. The number of ether oxygens (including phenoxy) is 1. The molecule has 0 aliphatic heterocycles. The summed E-state index contributed by atoms with van der Waals surface area (Å²) in [6, 6.07) is 0. The number of halogens is 1. The first kappa shape index (κ1) is 17.1. The van der Waals surface area contributed by atoms with Gasteiger partial charge >= 0.3 is 5.97 Å². The third kappa shape index (κ3) is 5.60. The van der Waals surface area contributed by atoms with Gasteiger partial charge in [0.05, 0.1) is 6.26 Å². The second kappa shape index (κ2) is 6.85. The average Bonchev–Trinajstić information content (AvgIpc) is 2.22. The van der Waals surface area contributed by atoms with Crippen molar-refractivity contribution in [3.63, 3.8) is 0 Å². The molecule has 0 aromatic heterocycles. The van der Waals surface area contributed by atoms with E-state index in [1.54, 1.807) is 0 Å². The summed E-state index contributed by atoms with van der Waals surface area (Å²) in [4.78, 5) is 10.9. The van der Waals surface area contributed by atoms with E-state index in [1.807, 2.05) is 0 Å². The highest BCUT2D eigenvalue weighted by atomic mass is 28.4. The van der Waals surface area contributed by atoms with Crippen molar-refractivity contribution in [1.82, 2.24) is 0 Å². The van der Waals surface area contributed by atoms with Gasteiger partial charge in [0.2, 0.25) is 5.83 Å². The van der Waals surface area contributed by atoms with Crippen LogP contribution in [0.3, 0.4) is 0 Å². The van der Waals surface area contributed by atoms with Crippen LogP contribution in [-0.4, -0.2) is 20.9 Å². The summed E-state index contributed by atoms with van der Waals surface area (Å²) in [5.41, 5.74) is 0. The largest absolute Gasteiger partial charge is 0.430 e. The van der Waals surface area contributed by atoms with E-state index in [9.17, 15) is 9.18 Å². The van der Waals surface area contributed by atoms with E-state index < -0.39 is 20.1 Å². The van der Waals surface area contributed by atoms with E-state index in [-0.39, 0.29) is 5.04 Å². The van der Waals surface area contributed by atoms with Crippen molar-refractivity contribution < 1.29 is 18.3 Å². The lowest BCUT2D eigenvalue weighted by Crippen LogP contribution is -2.40. The zero-order valence-electron chi connectivity index (χ0n) is 11.9. The molecule has 5 heteroatoms. The van der Waals surface area contributed by atoms with Gasteiger partial charge in [-0.15, -0.1) is 0 Å². The molecule has 0 fully saturated rings. The van der Waals surface area contributed by atoms with Crippen LogP contribution in [0.5, 0.6) is 0 Å². The molecule has 0 saturated carbocycles. The molecule has 0 radical (unpaired) electrons. The Morgan fingerprint density at radius 3 is 2.39 bits per heavy atom. The Morgan fingerprint density at radius 2 is 1.94 bits per heavy atom. The van der Waals surface area contributed by atoms with Crippen molar-refractivity contribution in [3.8, 4) is 0 Å². The van der Waals surface area contributed by atoms with Gasteiger partial charge in [0.15, 0.2) is 8.32 Å². The Bertz CT molecular complexity index is 330. The lowest BCUT2D eigenvalue weighted by atomic mass is 10.2. The summed E-state index contributed by atoms with van der Waals surface area (Å²) < 4.78 is 23.3. The van der Waals surface area contributed by atoms with E-state index in [0.717, 1.165) is 6.26 Å². The molecule has 0 amide bonds. The van der Waals surface area contributed by atoms with Crippen LogP contribution in [0.2, 0.25) is 18.1 Å². The third-order valence-electron chi connectivity index (χ3n) is 3.10. The van der Waals surface area contributed by atoms with Crippen LogP contribution in [0, 0.1) is 0 Å². The Labute approximate surface area is 110 Å². The summed E-state index contributed by atoms with van der Waals surface area (Å²) in [7, 11) is -1.80. The maximum Gasteiger partial charge on any atom is 0.371 e. The molecule has 18 heavy (non-hydrogen) atoms. The monoisotopic (exact) mass is 274 g/mol. The van der Waals surface area contributed by atoms with Crippen molar-refractivity contribution in [3.05, 3.63) is 24.7 Å². The minimum absolute atomic E-state index is 0.122. The van der Waals surface area contributed by atoms with E-state index in [1.165, 1.54) is 6.08 Å². The van der Waals surface area contributed by atoms with Crippen molar-refractivity contribution in [2.45, 2.75) is 45.3 Å². The van der Waals surface area contributed by atoms with E-state index in [4.69, 9.17) is 4.43 Å². The summed E-state index contributed by atoms with van der Waals surface area (Å²) in [5, 5.41) is 0.122. The third-order valence-corrected chi connectivity index (χ3v) is 7.63. The first-order valence-corrected chi connectivity index (χ1v) is 8.84. The molecule has 0 aromatic carbocycles. The quantitative estimate of drug-likeness (QED) is 0.242. The maximum absolute atomic E-state index is 13.1. The predicted octanol–water partition coefficient (Wildman–Crippen LogP) is 3.94. The molecule has 0 rings (SSSR count). The van der Waals surface area contributed by atoms with Crippen LogP contribution < -0.4 is 0 Å². The predicted molar refractivity (Wildman–Crippen MR) is 73.2 cm³/mol. The van der Waals surface area contributed by atoms with Gasteiger partial charge in [-0.05, 0) is 30.6 Å². The highest BCUT2D eigenvalue weighted by molar-refractivity contribution is 6.74. The zero-order chi connectivity index (χ0) is 14.4. The summed E-state index contributed by atoms with van der Waals surface area (Å²) in [5.74, 6) is -1.92. The standard InChI is InChI=1S/C13H23FO3Si/c1-7-16-12(15)11(14)9-8-10-17-18(5,6)13(2,3)4/h7,9H,1,8,10H2,2-6H3.